The van der Waals surface area contributed by atoms with Crippen LogP contribution in [0.15, 0.2) is 36.4 Å². The molecule has 1 heterocycles. The van der Waals surface area contributed by atoms with Gasteiger partial charge >= 0.3 is 0 Å². The summed E-state index contributed by atoms with van der Waals surface area (Å²) in [4.78, 5) is 39.3. The van der Waals surface area contributed by atoms with E-state index < -0.39 is 0 Å². The first-order chi connectivity index (χ1) is 12.6. The molecule has 0 radical (unpaired) electrons. The fourth-order valence-electron chi connectivity index (χ4n) is 5.22. The van der Waals surface area contributed by atoms with Gasteiger partial charge in [0, 0.05) is 11.8 Å². The number of carbonyl (C=O) groups is 3. The molecule has 2 saturated carbocycles. The van der Waals surface area contributed by atoms with E-state index >= 15 is 0 Å². The van der Waals surface area contributed by atoms with Crippen molar-refractivity contribution in [3.63, 3.8) is 0 Å². The predicted molar refractivity (Wildman–Crippen MR) is 93.0 cm³/mol. The number of amides is 3. The van der Waals surface area contributed by atoms with Gasteiger partial charge in [-0.15, -0.1) is 0 Å². The number of nitrogens with zero attached hydrogens (tertiary/aromatic N) is 1. The van der Waals surface area contributed by atoms with Crippen molar-refractivity contribution in [3.05, 3.63) is 36.4 Å². The average molecular weight is 352 g/mol. The minimum Gasteiger partial charge on any atom is -0.497 e. The van der Waals surface area contributed by atoms with Crippen molar-refractivity contribution in [1.29, 1.82) is 0 Å². The van der Waals surface area contributed by atoms with Gasteiger partial charge in [0.15, 0.2) is 0 Å². The maximum absolute atomic E-state index is 12.9. The summed E-state index contributed by atoms with van der Waals surface area (Å²) in [5, 5.41) is 2.74. The molecule has 3 amide bonds. The van der Waals surface area contributed by atoms with E-state index in [0.29, 0.717) is 23.3 Å². The van der Waals surface area contributed by atoms with Crippen molar-refractivity contribution in [2.75, 3.05) is 19.0 Å². The summed E-state index contributed by atoms with van der Waals surface area (Å²) in [5.74, 6) is 0.874. The Morgan fingerprint density at radius 2 is 1.81 bits per heavy atom. The van der Waals surface area contributed by atoms with Gasteiger partial charge in [-0.25, -0.2) is 0 Å². The number of likely N-dealkylation sites (tertiary alicyclic amines) is 1. The molecule has 0 spiro atoms. The van der Waals surface area contributed by atoms with E-state index in [4.69, 9.17) is 4.74 Å². The van der Waals surface area contributed by atoms with Crippen LogP contribution in [0.1, 0.15) is 6.42 Å². The number of methoxy groups -OCH3 is 1. The fraction of sp³-hybridized carbons (Fsp3) is 0.450. The number of hydrogen-bond acceptors (Lipinski definition) is 4. The molecule has 6 heteroatoms. The number of ether oxygens (including phenoxy) is 1. The molecule has 2 bridgehead atoms. The molecule has 1 aromatic rings. The molecule has 134 valence electrons. The van der Waals surface area contributed by atoms with Crippen molar-refractivity contribution >= 4 is 23.4 Å². The summed E-state index contributed by atoms with van der Waals surface area (Å²) in [5.41, 5.74) is 0.578. The monoisotopic (exact) mass is 352 g/mol. The minimum atomic E-state index is -0.371. The van der Waals surface area contributed by atoms with Crippen molar-refractivity contribution in [2.45, 2.75) is 6.42 Å². The van der Waals surface area contributed by atoms with Gasteiger partial charge in [0.05, 0.1) is 18.9 Å². The number of hydrogen-bond donors (Lipinski definition) is 1. The predicted octanol–water partition coefficient (Wildman–Crippen LogP) is 1.69. The third-order valence-corrected chi connectivity index (χ3v) is 6.41. The minimum absolute atomic E-state index is 0.175. The third-order valence-electron chi connectivity index (χ3n) is 6.41. The molecule has 6 nitrogen and oxygen atoms in total. The molecular weight excluding hydrogens is 332 g/mol. The molecular formula is C20H20N2O4. The van der Waals surface area contributed by atoms with Gasteiger partial charge in [0.1, 0.15) is 12.3 Å². The number of rotatable bonds is 4. The Bertz CT molecular complexity index is 812. The van der Waals surface area contributed by atoms with Crippen LogP contribution < -0.4 is 10.1 Å². The number of imide groups is 1. The Hall–Kier alpha value is -2.63. The lowest BCUT2D eigenvalue weighted by molar-refractivity contribution is -0.142. The van der Waals surface area contributed by atoms with Crippen LogP contribution in [0, 0.1) is 35.5 Å². The van der Waals surface area contributed by atoms with Gasteiger partial charge in [-0.1, -0.05) is 18.2 Å². The van der Waals surface area contributed by atoms with Gasteiger partial charge in [0.25, 0.3) is 0 Å². The zero-order valence-corrected chi connectivity index (χ0v) is 14.4. The molecule has 5 aliphatic rings. The third kappa shape index (κ3) is 2.14. The Kier molecular flexibility index (Phi) is 3.26. The number of anilines is 1. The highest BCUT2D eigenvalue weighted by atomic mass is 16.5. The maximum atomic E-state index is 12.9. The Morgan fingerprint density at radius 1 is 1.15 bits per heavy atom. The second kappa shape index (κ2) is 5.43. The van der Waals surface area contributed by atoms with Crippen LogP contribution >= 0.6 is 0 Å². The second-order valence-corrected chi connectivity index (χ2v) is 7.70. The van der Waals surface area contributed by atoms with E-state index in [1.54, 1.807) is 31.4 Å². The van der Waals surface area contributed by atoms with E-state index in [0.717, 1.165) is 6.42 Å². The first-order valence-electron chi connectivity index (χ1n) is 9.06. The highest BCUT2D eigenvalue weighted by molar-refractivity contribution is 6.09. The van der Waals surface area contributed by atoms with Crippen LogP contribution in [0.25, 0.3) is 0 Å². The van der Waals surface area contributed by atoms with Crippen LogP contribution in [0.2, 0.25) is 0 Å². The quantitative estimate of drug-likeness (QED) is 0.661. The molecule has 4 aliphatic carbocycles. The SMILES string of the molecule is COc1cccc(NC(=O)CN2C(=O)[C@@H]3[C@@H]4C=C[C@H]([C@H]5C[C@H]45)[C@@H]3C2=O)c1. The number of benzene rings is 1. The van der Waals surface area contributed by atoms with Gasteiger partial charge in [-0.3, -0.25) is 19.3 Å². The summed E-state index contributed by atoms with van der Waals surface area (Å²) in [7, 11) is 1.55. The zero-order chi connectivity index (χ0) is 18.0. The smallest absolute Gasteiger partial charge is 0.244 e. The number of nitrogens with one attached hydrogen (secondary N) is 1. The summed E-state index contributed by atoms with van der Waals surface area (Å²) in [6.07, 6.45) is 5.39. The van der Waals surface area contributed by atoms with Crippen LogP contribution in [0.4, 0.5) is 5.69 Å². The highest BCUT2D eigenvalue weighted by Crippen LogP contribution is 2.65. The molecule has 1 aliphatic heterocycles. The molecule has 1 N–H and O–H groups in total. The van der Waals surface area contributed by atoms with Gasteiger partial charge in [-0.2, -0.15) is 0 Å². The fourth-order valence-corrected chi connectivity index (χ4v) is 5.22. The Balaban J connectivity index is 1.31. The molecule has 26 heavy (non-hydrogen) atoms. The molecule has 6 rings (SSSR count). The largest absolute Gasteiger partial charge is 0.497 e. The second-order valence-electron chi connectivity index (χ2n) is 7.70. The zero-order valence-electron chi connectivity index (χ0n) is 14.4. The van der Waals surface area contributed by atoms with Crippen molar-refractivity contribution in [2.24, 2.45) is 35.5 Å². The molecule has 0 unspecified atom stereocenters. The normalized spacial score (nSPS) is 36.0. The van der Waals surface area contributed by atoms with E-state index in [1.807, 2.05) is 0 Å². The molecule has 1 saturated heterocycles. The first kappa shape index (κ1) is 15.6. The molecule has 1 aromatic carbocycles. The molecule has 3 fully saturated rings. The molecule has 6 atom stereocenters. The summed E-state index contributed by atoms with van der Waals surface area (Å²) in [6, 6.07) is 6.99. The van der Waals surface area contributed by atoms with E-state index in [2.05, 4.69) is 17.5 Å². The number of allylic oxidation sites excluding steroid dienone is 2. The van der Waals surface area contributed by atoms with Crippen molar-refractivity contribution in [1.82, 2.24) is 4.90 Å². The first-order valence-corrected chi connectivity index (χ1v) is 9.06. The maximum Gasteiger partial charge on any atom is 0.244 e. The topological polar surface area (TPSA) is 75.7 Å². The van der Waals surface area contributed by atoms with Crippen LogP contribution in [0.5, 0.6) is 5.75 Å². The van der Waals surface area contributed by atoms with E-state index in [-0.39, 0.29) is 47.9 Å². The average Bonchev–Trinajstić information content (AvgIpc) is 3.43. The highest BCUT2D eigenvalue weighted by Gasteiger charge is 2.67. The van der Waals surface area contributed by atoms with Crippen LogP contribution in [0.3, 0.4) is 0 Å². The van der Waals surface area contributed by atoms with Crippen molar-refractivity contribution in [3.8, 4) is 5.75 Å². The van der Waals surface area contributed by atoms with Crippen LogP contribution in [-0.4, -0.2) is 36.3 Å². The van der Waals surface area contributed by atoms with Crippen molar-refractivity contribution < 1.29 is 19.1 Å². The standard InChI is InChI=1S/C20H20N2O4/c1-26-11-4-2-3-10(7-11)21-16(23)9-22-19(24)17-12-5-6-13(15-8-14(12)15)18(17)20(22)25/h2-7,12-15,17-18H,8-9H2,1H3,(H,21,23)/t12-,13-,14-,15-,17-,18+/m1/s1. The lowest BCUT2D eigenvalue weighted by atomic mass is 9.63. The summed E-state index contributed by atoms with van der Waals surface area (Å²) < 4.78 is 5.14. The van der Waals surface area contributed by atoms with E-state index in [9.17, 15) is 14.4 Å². The summed E-state index contributed by atoms with van der Waals surface area (Å²) in [6.45, 7) is -0.226. The number of carbonyl (C=O) groups excluding carboxylic acids is 3. The van der Waals surface area contributed by atoms with Gasteiger partial charge in [0.2, 0.25) is 17.7 Å². The lowest BCUT2D eigenvalue weighted by Crippen LogP contribution is -2.40. The summed E-state index contributed by atoms with van der Waals surface area (Å²) >= 11 is 0. The Labute approximate surface area is 151 Å². The van der Waals surface area contributed by atoms with Gasteiger partial charge < -0.3 is 10.1 Å². The van der Waals surface area contributed by atoms with Gasteiger partial charge in [-0.05, 0) is 42.2 Å². The molecule has 0 aromatic heterocycles. The van der Waals surface area contributed by atoms with Crippen LogP contribution in [-0.2, 0) is 14.4 Å². The van der Waals surface area contributed by atoms with E-state index in [1.165, 1.54) is 4.90 Å². The Morgan fingerprint density at radius 3 is 2.42 bits per heavy atom. The lowest BCUT2D eigenvalue weighted by Gasteiger charge is -2.37.